The van der Waals surface area contributed by atoms with Gasteiger partial charge in [0.2, 0.25) is 0 Å². The number of halogens is 3. The molecule has 3 amide bonds. The monoisotopic (exact) mass is 377 g/mol. The molecule has 0 bridgehead atoms. The van der Waals surface area contributed by atoms with Crippen LogP contribution in [-0.4, -0.2) is 11.9 Å². The van der Waals surface area contributed by atoms with Gasteiger partial charge in [0.15, 0.2) is 0 Å². The summed E-state index contributed by atoms with van der Waals surface area (Å²) < 4.78 is 28.2. The van der Waals surface area contributed by atoms with Crippen molar-refractivity contribution >= 4 is 29.2 Å². The van der Waals surface area contributed by atoms with E-state index in [0.717, 1.165) is 0 Å². The molecule has 1 heterocycles. The number of para-hydroxylation sites is 1. The van der Waals surface area contributed by atoms with E-state index in [1.807, 2.05) is 0 Å². The van der Waals surface area contributed by atoms with Crippen LogP contribution in [0.4, 0.5) is 19.3 Å². The first-order chi connectivity index (χ1) is 12.4. The van der Waals surface area contributed by atoms with Gasteiger partial charge in [-0.2, -0.15) is 0 Å². The highest BCUT2D eigenvalue weighted by atomic mass is 35.5. The maximum atomic E-state index is 14.3. The van der Waals surface area contributed by atoms with Crippen LogP contribution in [0.1, 0.15) is 18.5 Å². The van der Waals surface area contributed by atoms with Crippen molar-refractivity contribution in [1.82, 2.24) is 10.6 Å². The Morgan fingerprint density at radius 3 is 2.50 bits per heavy atom. The molecule has 1 aliphatic heterocycles. The lowest BCUT2D eigenvalue weighted by molar-refractivity contribution is -0.113. The Hall–Kier alpha value is -2.93. The Morgan fingerprint density at radius 2 is 1.81 bits per heavy atom. The second-order valence-electron chi connectivity index (χ2n) is 5.64. The predicted octanol–water partition coefficient (Wildman–Crippen LogP) is 3.88. The van der Waals surface area contributed by atoms with E-state index < -0.39 is 29.6 Å². The molecule has 8 heteroatoms. The van der Waals surface area contributed by atoms with Crippen LogP contribution in [0.15, 0.2) is 53.7 Å². The van der Waals surface area contributed by atoms with E-state index >= 15 is 0 Å². The Morgan fingerprint density at radius 1 is 1.12 bits per heavy atom. The SMILES string of the molecule is CC1=C(C(=O)Nc2ccccc2F)C(c2c(F)cccc2Cl)NC(=O)N1. The smallest absolute Gasteiger partial charge is 0.319 e. The van der Waals surface area contributed by atoms with Gasteiger partial charge in [-0.25, -0.2) is 13.6 Å². The van der Waals surface area contributed by atoms with Crippen molar-refractivity contribution in [2.75, 3.05) is 5.32 Å². The standard InChI is InChI=1S/C18H14ClF2N3O2/c1-9-14(17(25)23-13-8-3-2-6-11(13)20)16(24-18(26)22-9)15-10(19)5-4-7-12(15)21/h2-8,16H,1H3,(H,23,25)(H2,22,24,26). The van der Waals surface area contributed by atoms with E-state index in [0.29, 0.717) is 0 Å². The quantitative estimate of drug-likeness (QED) is 0.759. The molecule has 5 nitrogen and oxygen atoms in total. The predicted molar refractivity (Wildman–Crippen MR) is 93.5 cm³/mol. The molecule has 2 aromatic rings. The number of carbonyl (C=O) groups is 2. The van der Waals surface area contributed by atoms with Crippen molar-refractivity contribution in [3.05, 3.63) is 76.0 Å². The van der Waals surface area contributed by atoms with Crippen molar-refractivity contribution in [3.63, 3.8) is 0 Å². The van der Waals surface area contributed by atoms with Crippen LogP contribution in [0.3, 0.4) is 0 Å². The first-order valence-electron chi connectivity index (χ1n) is 7.66. The number of anilines is 1. The second kappa shape index (κ2) is 7.13. The van der Waals surface area contributed by atoms with Crippen molar-refractivity contribution in [2.45, 2.75) is 13.0 Å². The third-order valence-corrected chi connectivity index (χ3v) is 4.25. The molecule has 0 saturated carbocycles. The third-order valence-electron chi connectivity index (χ3n) is 3.92. The molecule has 3 rings (SSSR count). The molecule has 134 valence electrons. The second-order valence-corrected chi connectivity index (χ2v) is 6.05. The molecule has 3 N–H and O–H groups in total. The summed E-state index contributed by atoms with van der Waals surface area (Å²) in [7, 11) is 0. The molecule has 0 radical (unpaired) electrons. The molecule has 1 atom stereocenters. The largest absolute Gasteiger partial charge is 0.327 e. The van der Waals surface area contributed by atoms with E-state index in [-0.39, 0.29) is 27.5 Å². The number of allylic oxidation sites excluding steroid dienone is 1. The summed E-state index contributed by atoms with van der Waals surface area (Å²) in [6.07, 6.45) is 0. The summed E-state index contributed by atoms with van der Waals surface area (Å²) in [6, 6.07) is 7.96. The molecule has 2 aromatic carbocycles. The summed E-state index contributed by atoms with van der Waals surface area (Å²) in [6.45, 7) is 1.50. The molecule has 0 spiro atoms. The van der Waals surface area contributed by atoms with E-state index in [4.69, 9.17) is 11.6 Å². The van der Waals surface area contributed by atoms with Crippen LogP contribution in [0.2, 0.25) is 5.02 Å². The highest BCUT2D eigenvalue weighted by Crippen LogP contribution is 2.34. The Kier molecular flexibility index (Phi) is 4.90. The van der Waals surface area contributed by atoms with Crippen LogP contribution < -0.4 is 16.0 Å². The van der Waals surface area contributed by atoms with Gasteiger partial charge < -0.3 is 16.0 Å². The minimum absolute atomic E-state index is 0.0276. The van der Waals surface area contributed by atoms with E-state index in [1.165, 1.54) is 43.3 Å². The Labute approximate surface area is 153 Å². The van der Waals surface area contributed by atoms with Crippen molar-refractivity contribution in [2.24, 2.45) is 0 Å². The zero-order valence-electron chi connectivity index (χ0n) is 13.6. The Bertz CT molecular complexity index is 910. The summed E-state index contributed by atoms with van der Waals surface area (Å²) in [5, 5.41) is 7.44. The van der Waals surface area contributed by atoms with Crippen LogP contribution in [-0.2, 0) is 4.79 Å². The highest BCUT2D eigenvalue weighted by molar-refractivity contribution is 6.31. The zero-order chi connectivity index (χ0) is 18.8. The maximum absolute atomic E-state index is 14.3. The van der Waals surface area contributed by atoms with Crippen LogP contribution in [0.5, 0.6) is 0 Å². The normalized spacial score (nSPS) is 16.8. The lowest BCUT2D eigenvalue weighted by atomic mass is 9.94. The van der Waals surface area contributed by atoms with Crippen LogP contribution in [0.25, 0.3) is 0 Å². The first-order valence-corrected chi connectivity index (χ1v) is 8.04. The minimum atomic E-state index is -1.12. The average Bonchev–Trinajstić information content (AvgIpc) is 2.56. The molecule has 0 aromatic heterocycles. The molecule has 26 heavy (non-hydrogen) atoms. The number of rotatable bonds is 3. The number of hydrogen-bond donors (Lipinski definition) is 3. The van der Waals surface area contributed by atoms with Gasteiger partial charge in [-0.15, -0.1) is 0 Å². The van der Waals surface area contributed by atoms with Gasteiger partial charge >= 0.3 is 6.03 Å². The van der Waals surface area contributed by atoms with Crippen LogP contribution >= 0.6 is 11.6 Å². The van der Waals surface area contributed by atoms with Gasteiger partial charge in [0, 0.05) is 16.3 Å². The summed E-state index contributed by atoms with van der Waals surface area (Å²) in [4.78, 5) is 24.6. The van der Waals surface area contributed by atoms with Gasteiger partial charge in [0.05, 0.1) is 17.3 Å². The summed E-state index contributed by atoms with van der Waals surface area (Å²) in [5.41, 5.74) is 0.168. The van der Waals surface area contributed by atoms with E-state index in [1.54, 1.807) is 6.07 Å². The van der Waals surface area contributed by atoms with E-state index in [2.05, 4.69) is 16.0 Å². The maximum Gasteiger partial charge on any atom is 0.319 e. The molecule has 0 saturated heterocycles. The van der Waals surface area contributed by atoms with Crippen LogP contribution in [0, 0.1) is 11.6 Å². The van der Waals surface area contributed by atoms with E-state index in [9.17, 15) is 18.4 Å². The average molecular weight is 378 g/mol. The number of amides is 3. The van der Waals surface area contributed by atoms with Gasteiger partial charge in [0.1, 0.15) is 11.6 Å². The van der Waals surface area contributed by atoms with Gasteiger partial charge in [-0.1, -0.05) is 29.8 Å². The van der Waals surface area contributed by atoms with Crippen molar-refractivity contribution in [1.29, 1.82) is 0 Å². The van der Waals surface area contributed by atoms with Crippen molar-refractivity contribution in [3.8, 4) is 0 Å². The topological polar surface area (TPSA) is 70.2 Å². The summed E-state index contributed by atoms with van der Waals surface area (Å²) >= 11 is 6.09. The molecular formula is C18H14ClF2N3O2. The fraction of sp³-hybridized carbons (Fsp3) is 0.111. The van der Waals surface area contributed by atoms with Gasteiger partial charge in [0.25, 0.3) is 5.91 Å². The fourth-order valence-electron chi connectivity index (χ4n) is 2.75. The molecule has 0 aliphatic carbocycles. The zero-order valence-corrected chi connectivity index (χ0v) is 14.3. The molecule has 1 aliphatic rings. The number of benzene rings is 2. The van der Waals surface area contributed by atoms with Gasteiger partial charge in [-0.3, -0.25) is 4.79 Å². The number of hydrogen-bond acceptors (Lipinski definition) is 2. The molecular weight excluding hydrogens is 364 g/mol. The summed E-state index contributed by atoms with van der Waals surface area (Å²) in [5.74, 6) is -1.98. The van der Waals surface area contributed by atoms with Gasteiger partial charge in [-0.05, 0) is 31.2 Å². The molecule has 0 fully saturated rings. The minimum Gasteiger partial charge on any atom is -0.327 e. The fourth-order valence-corrected chi connectivity index (χ4v) is 3.02. The molecule has 1 unspecified atom stereocenters. The number of carbonyl (C=O) groups excluding carboxylic acids is 2. The lowest BCUT2D eigenvalue weighted by Crippen LogP contribution is -2.46. The van der Waals surface area contributed by atoms with Crippen molar-refractivity contribution < 1.29 is 18.4 Å². The Balaban J connectivity index is 2.04. The highest BCUT2D eigenvalue weighted by Gasteiger charge is 2.34. The lowest BCUT2D eigenvalue weighted by Gasteiger charge is -2.29. The number of nitrogens with one attached hydrogen (secondary N) is 3. The number of urea groups is 1. The third kappa shape index (κ3) is 3.39. The first kappa shape index (κ1) is 17.9.